The maximum absolute atomic E-state index is 11.0. The molecule has 1 rings (SSSR count). The number of hydrogen-bond donors (Lipinski definition) is 2. The highest BCUT2D eigenvalue weighted by Gasteiger charge is 2.24. The molecular formula is C12H20N4O3. The zero-order chi connectivity index (χ0) is 14.6. The zero-order valence-electron chi connectivity index (χ0n) is 11.7. The largest absolute Gasteiger partial charge is 0.387 e. The lowest BCUT2D eigenvalue weighted by atomic mass is 10.1. The standard InChI is InChI=1S/C12H20N4O3/c1-9-5-6-13-11(10(9)16(18)19)14-7-12(2,17)8-15(3)4/h5-6,17H,7-8H2,1-4H3,(H,13,14). The van der Waals surface area contributed by atoms with Gasteiger partial charge in [-0.25, -0.2) is 4.98 Å². The topological polar surface area (TPSA) is 91.5 Å². The van der Waals surface area contributed by atoms with Gasteiger partial charge in [-0.2, -0.15) is 0 Å². The van der Waals surface area contributed by atoms with Crippen LogP contribution in [0.2, 0.25) is 0 Å². The molecule has 1 aromatic rings. The fraction of sp³-hybridized carbons (Fsp3) is 0.583. The summed E-state index contributed by atoms with van der Waals surface area (Å²) in [5, 5.41) is 24.0. The first-order chi connectivity index (χ1) is 8.73. The summed E-state index contributed by atoms with van der Waals surface area (Å²) in [6, 6.07) is 1.58. The van der Waals surface area contributed by atoms with E-state index >= 15 is 0 Å². The quantitative estimate of drug-likeness (QED) is 0.591. The molecule has 7 heteroatoms. The van der Waals surface area contributed by atoms with E-state index in [1.165, 1.54) is 6.20 Å². The molecule has 0 amide bonds. The van der Waals surface area contributed by atoms with Crippen LogP contribution in [0.4, 0.5) is 11.5 Å². The Balaban J connectivity index is 2.84. The summed E-state index contributed by atoms with van der Waals surface area (Å²) in [6.45, 7) is 3.95. The van der Waals surface area contributed by atoms with Gasteiger partial charge in [-0.1, -0.05) is 0 Å². The van der Waals surface area contributed by atoms with Crippen molar-refractivity contribution in [2.24, 2.45) is 0 Å². The lowest BCUT2D eigenvalue weighted by Gasteiger charge is -2.27. The van der Waals surface area contributed by atoms with Crippen LogP contribution in [0.25, 0.3) is 0 Å². The van der Waals surface area contributed by atoms with E-state index in [0.717, 1.165) is 0 Å². The first-order valence-corrected chi connectivity index (χ1v) is 5.94. The number of aliphatic hydroxyl groups is 1. The van der Waals surface area contributed by atoms with Crippen molar-refractivity contribution in [3.8, 4) is 0 Å². The van der Waals surface area contributed by atoms with Gasteiger partial charge in [0.15, 0.2) is 0 Å². The Morgan fingerprint density at radius 3 is 2.74 bits per heavy atom. The summed E-state index contributed by atoms with van der Waals surface area (Å²) in [6.07, 6.45) is 1.51. The minimum atomic E-state index is -0.997. The Labute approximate surface area is 112 Å². The Bertz CT molecular complexity index is 460. The number of anilines is 1. The van der Waals surface area contributed by atoms with Gasteiger partial charge in [0.05, 0.1) is 10.5 Å². The van der Waals surface area contributed by atoms with Crippen LogP contribution in [-0.2, 0) is 0 Å². The molecule has 1 unspecified atom stereocenters. The molecule has 0 spiro atoms. The number of likely N-dealkylation sites (N-methyl/N-ethyl adjacent to an activating group) is 1. The first kappa shape index (κ1) is 15.3. The van der Waals surface area contributed by atoms with Crippen LogP contribution >= 0.6 is 0 Å². The molecule has 0 saturated carbocycles. The molecule has 0 bridgehead atoms. The Kier molecular flexibility index (Phi) is 4.79. The number of aromatic nitrogens is 1. The Hall–Kier alpha value is -1.73. The monoisotopic (exact) mass is 268 g/mol. The average Bonchev–Trinajstić information content (AvgIpc) is 2.24. The highest BCUT2D eigenvalue weighted by Crippen LogP contribution is 2.25. The van der Waals surface area contributed by atoms with Crippen molar-refractivity contribution in [2.75, 3.05) is 32.5 Å². The van der Waals surface area contributed by atoms with E-state index in [0.29, 0.717) is 12.1 Å². The predicted molar refractivity (Wildman–Crippen MR) is 73.3 cm³/mol. The third-order valence-corrected chi connectivity index (χ3v) is 2.60. The van der Waals surface area contributed by atoms with E-state index < -0.39 is 10.5 Å². The van der Waals surface area contributed by atoms with Gasteiger partial charge in [0.1, 0.15) is 0 Å². The van der Waals surface area contributed by atoms with Crippen LogP contribution in [0.15, 0.2) is 12.3 Å². The normalized spacial score (nSPS) is 14.2. The number of nitro groups is 1. The van der Waals surface area contributed by atoms with E-state index in [1.54, 1.807) is 19.9 Å². The molecule has 1 aromatic heterocycles. The molecular weight excluding hydrogens is 248 g/mol. The average molecular weight is 268 g/mol. The molecule has 0 aromatic carbocycles. The molecule has 1 atom stereocenters. The maximum Gasteiger partial charge on any atom is 0.314 e. The number of rotatable bonds is 6. The molecule has 7 nitrogen and oxygen atoms in total. The van der Waals surface area contributed by atoms with Crippen LogP contribution in [0.5, 0.6) is 0 Å². The number of pyridine rings is 1. The van der Waals surface area contributed by atoms with Crippen molar-refractivity contribution in [2.45, 2.75) is 19.4 Å². The van der Waals surface area contributed by atoms with Crippen LogP contribution in [-0.4, -0.2) is 52.7 Å². The molecule has 1 heterocycles. The molecule has 0 fully saturated rings. The van der Waals surface area contributed by atoms with Gasteiger partial charge in [-0.05, 0) is 34.0 Å². The van der Waals surface area contributed by atoms with Gasteiger partial charge in [-0.15, -0.1) is 0 Å². The van der Waals surface area contributed by atoms with E-state index in [-0.39, 0.29) is 18.1 Å². The van der Waals surface area contributed by atoms with Crippen LogP contribution in [0, 0.1) is 17.0 Å². The zero-order valence-corrected chi connectivity index (χ0v) is 11.7. The van der Waals surface area contributed by atoms with Gasteiger partial charge in [0.2, 0.25) is 5.82 Å². The summed E-state index contributed by atoms with van der Waals surface area (Å²) < 4.78 is 0. The van der Waals surface area contributed by atoms with Crippen molar-refractivity contribution in [3.05, 3.63) is 27.9 Å². The Morgan fingerprint density at radius 2 is 2.21 bits per heavy atom. The summed E-state index contributed by atoms with van der Waals surface area (Å²) in [4.78, 5) is 16.3. The van der Waals surface area contributed by atoms with Gasteiger partial charge in [-0.3, -0.25) is 10.1 Å². The summed E-state index contributed by atoms with van der Waals surface area (Å²) >= 11 is 0. The van der Waals surface area contributed by atoms with E-state index in [1.807, 2.05) is 19.0 Å². The fourth-order valence-electron chi connectivity index (χ4n) is 1.92. The van der Waals surface area contributed by atoms with Gasteiger partial charge >= 0.3 is 5.69 Å². The highest BCUT2D eigenvalue weighted by molar-refractivity contribution is 5.59. The molecule has 0 aliphatic rings. The highest BCUT2D eigenvalue weighted by atomic mass is 16.6. The maximum atomic E-state index is 11.0. The molecule has 19 heavy (non-hydrogen) atoms. The van der Waals surface area contributed by atoms with Crippen molar-refractivity contribution in [3.63, 3.8) is 0 Å². The number of hydrogen-bond acceptors (Lipinski definition) is 6. The number of aryl methyl sites for hydroxylation is 1. The van der Waals surface area contributed by atoms with E-state index in [9.17, 15) is 15.2 Å². The predicted octanol–water partition coefficient (Wildman–Crippen LogP) is 1.02. The summed E-state index contributed by atoms with van der Waals surface area (Å²) in [5.74, 6) is 0.184. The van der Waals surface area contributed by atoms with Crippen molar-refractivity contribution in [1.29, 1.82) is 0 Å². The number of nitrogens with one attached hydrogen (secondary N) is 1. The minimum absolute atomic E-state index is 0.0526. The van der Waals surface area contributed by atoms with E-state index in [2.05, 4.69) is 10.3 Å². The fourth-order valence-corrected chi connectivity index (χ4v) is 1.92. The first-order valence-electron chi connectivity index (χ1n) is 5.94. The molecule has 2 N–H and O–H groups in total. The van der Waals surface area contributed by atoms with Crippen molar-refractivity contribution < 1.29 is 10.0 Å². The number of nitrogens with zero attached hydrogens (tertiary/aromatic N) is 3. The smallest absolute Gasteiger partial charge is 0.314 e. The molecule has 0 aliphatic heterocycles. The summed E-state index contributed by atoms with van der Waals surface area (Å²) in [7, 11) is 3.70. The van der Waals surface area contributed by atoms with Crippen LogP contribution in [0.1, 0.15) is 12.5 Å². The Morgan fingerprint density at radius 1 is 1.58 bits per heavy atom. The third-order valence-electron chi connectivity index (χ3n) is 2.60. The van der Waals surface area contributed by atoms with Crippen molar-refractivity contribution in [1.82, 2.24) is 9.88 Å². The van der Waals surface area contributed by atoms with Gasteiger partial charge in [0.25, 0.3) is 0 Å². The second-order valence-electron chi connectivity index (χ2n) is 5.17. The summed E-state index contributed by atoms with van der Waals surface area (Å²) in [5.41, 5.74) is -0.513. The lowest BCUT2D eigenvalue weighted by Crippen LogP contribution is -2.43. The SMILES string of the molecule is Cc1ccnc(NCC(C)(O)CN(C)C)c1[N+](=O)[O-]. The minimum Gasteiger partial charge on any atom is -0.387 e. The molecule has 0 radical (unpaired) electrons. The van der Waals surface area contributed by atoms with E-state index in [4.69, 9.17) is 0 Å². The van der Waals surface area contributed by atoms with Gasteiger partial charge < -0.3 is 15.3 Å². The second-order valence-corrected chi connectivity index (χ2v) is 5.17. The van der Waals surface area contributed by atoms with Crippen LogP contribution in [0.3, 0.4) is 0 Å². The lowest BCUT2D eigenvalue weighted by molar-refractivity contribution is -0.384. The second kappa shape index (κ2) is 5.94. The van der Waals surface area contributed by atoms with Crippen molar-refractivity contribution >= 4 is 11.5 Å². The van der Waals surface area contributed by atoms with Gasteiger partial charge in [0, 0.05) is 24.8 Å². The molecule has 0 aliphatic carbocycles. The third kappa shape index (κ3) is 4.46. The molecule has 106 valence electrons. The van der Waals surface area contributed by atoms with Crippen LogP contribution < -0.4 is 5.32 Å². The molecule has 0 saturated heterocycles.